The predicted octanol–water partition coefficient (Wildman–Crippen LogP) is 9.25. The molecule has 0 bridgehead atoms. The maximum atomic E-state index is 6.05. The SMILES string of the molecule is CCCCCCOC(C)c1ccc(-c2ccccc2-c2ccc(OCCCCC)cc2)cc1. The summed E-state index contributed by atoms with van der Waals surface area (Å²) < 4.78 is 11.9. The van der Waals surface area contributed by atoms with Gasteiger partial charge in [-0.3, -0.25) is 0 Å². The van der Waals surface area contributed by atoms with Crippen LogP contribution in [0.5, 0.6) is 5.75 Å². The van der Waals surface area contributed by atoms with Crippen molar-refractivity contribution in [1.29, 1.82) is 0 Å². The van der Waals surface area contributed by atoms with Gasteiger partial charge in [-0.15, -0.1) is 0 Å². The monoisotopic (exact) mass is 444 g/mol. The van der Waals surface area contributed by atoms with E-state index in [0.29, 0.717) is 0 Å². The number of rotatable bonds is 14. The fraction of sp³-hybridized carbons (Fsp3) is 0.419. The van der Waals surface area contributed by atoms with Gasteiger partial charge in [-0.1, -0.05) is 107 Å². The van der Waals surface area contributed by atoms with E-state index in [1.54, 1.807) is 0 Å². The molecule has 0 aliphatic rings. The minimum Gasteiger partial charge on any atom is -0.494 e. The van der Waals surface area contributed by atoms with Gasteiger partial charge in [-0.05, 0) is 59.7 Å². The standard InChI is InChI=1S/C31H40O2/c1-4-6-8-12-23-32-25(3)26-15-17-27(18-16-26)30-13-9-10-14-31(30)28-19-21-29(22-20-28)33-24-11-7-5-2/h9-10,13-22,25H,4-8,11-12,23-24H2,1-3H3. The fourth-order valence-electron chi connectivity index (χ4n) is 4.08. The summed E-state index contributed by atoms with van der Waals surface area (Å²) in [5.74, 6) is 0.945. The smallest absolute Gasteiger partial charge is 0.119 e. The molecule has 33 heavy (non-hydrogen) atoms. The second-order valence-electron chi connectivity index (χ2n) is 8.82. The fourth-order valence-corrected chi connectivity index (χ4v) is 4.08. The summed E-state index contributed by atoms with van der Waals surface area (Å²) in [6.07, 6.45) is 8.62. The zero-order chi connectivity index (χ0) is 23.3. The molecule has 2 heteroatoms. The van der Waals surface area contributed by atoms with Crippen LogP contribution in [0, 0.1) is 0 Å². The highest BCUT2D eigenvalue weighted by Crippen LogP contribution is 2.33. The van der Waals surface area contributed by atoms with Crippen molar-refractivity contribution in [3.05, 3.63) is 78.4 Å². The van der Waals surface area contributed by atoms with Crippen LogP contribution in [0.3, 0.4) is 0 Å². The zero-order valence-corrected chi connectivity index (χ0v) is 20.7. The second kappa shape index (κ2) is 13.9. The summed E-state index contributed by atoms with van der Waals surface area (Å²) in [5, 5.41) is 0. The summed E-state index contributed by atoms with van der Waals surface area (Å²) >= 11 is 0. The molecule has 0 N–H and O–H groups in total. The van der Waals surface area contributed by atoms with Gasteiger partial charge in [0, 0.05) is 6.61 Å². The number of benzene rings is 3. The first-order valence-corrected chi connectivity index (χ1v) is 12.8. The van der Waals surface area contributed by atoms with Crippen molar-refractivity contribution in [2.24, 2.45) is 0 Å². The van der Waals surface area contributed by atoms with Crippen molar-refractivity contribution >= 4 is 0 Å². The third kappa shape index (κ3) is 7.75. The molecule has 2 nitrogen and oxygen atoms in total. The van der Waals surface area contributed by atoms with Gasteiger partial charge < -0.3 is 9.47 Å². The lowest BCUT2D eigenvalue weighted by Gasteiger charge is -2.15. The first-order chi connectivity index (χ1) is 16.2. The molecule has 1 atom stereocenters. The molecule has 0 saturated heterocycles. The van der Waals surface area contributed by atoms with E-state index in [-0.39, 0.29) is 6.10 Å². The van der Waals surface area contributed by atoms with Crippen molar-refractivity contribution in [2.75, 3.05) is 13.2 Å². The van der Waals surface area contributed by atoms with E-state index >= 15 is 0 Å². The summed E-state index contributed by atoms with van der Waals surface area (Å²) in [6.45, 7) is 8.22. The van der Waals surface area contributed by atoms with Crippen LogP contribution >= 0.6 is 0 Å². The largest absolute Gasteiger partial charge is 0.494 e. The normalized spacial score (nSPS) is 12.0. The molecule has 3 rings (SSSR count). The molecule has 0 radical (unpaired) electrons. The average molecular weight is 445 g/mol. The maximum absolute atomic E-state index is 6.05. The van der Waals surface area contributed by atoms with Crippen LogP contribution < -0.4 is 4.74 Å². The van der Waals surface area contributed by atoms with Crippen LogP contribution in [0.4, 0.5) is 0 Å². The van der Waals surface area contributed by atoms with E-state index in [1.165, 1.54) is 59.9 Å². The van der Waals surface area contributed by atoms with Crippen LogP contribution in [0.1, 0.15) is 77.4 Å². The molecular formula is C31H40O2. The van der Waals surface area contributed by atoms with E-state index in [9.17, 15) is 0 Å². The molecule has 3 aromatic rings. The number of hydrogen-bond donors (Lipinski definition) is 0. The Morgan fingerprint density at radius 2 is 1.15 bits per heavy atom. The molecule has 0 saturated carbocycles. The minimum absolute atomic E-state index is 0.126. The summed E-state index contributed by atoms with van der Waals surface area (Å²) in [5.41, 5.74) is 6.15. The van der Waals surface area contributed by atoms with Gasteiger partial charge in [-0.25, -0.2) is 0 Å². The third-order valence-electron chi connectivity index (χ3n) is 6.17. The molecule has 0 aliphatic carbocycles. The van der Waals surface area contributed by atoms with Gasteiger partial charge in [-0.2, -0.15) is 0 Å². The molecule has 0 spiro atoms. The highest BCUT2D eigenvalue weighted by molar-refractivity contribution is 5.83. The van der Waals surface area contributed by atoms with Crippen LogP contribution in [0.25, 0.3) is 22.3 Å². The number of hydrogen-bond acceptors (Lipinski definition) is 2. The molecule has 176 valence electrons. The highest BCUT2D eigenvalue weighted by Gasteiger charge is 2.10. The zero-order valence-electron chi connectivity index (χ0n) is 20.7. The van der Waals surface area contributed by atoms with E-state index in [1.807, 2.05) is 0 Å². The van der Waals surface area contributed by atoms with E-state index in [4.69, 9.17) is 9.47 Å². The molecule has 0 fully saturated rings. The van der Waals surface area contributed by atoms with E-state index in [0.717, 1.165) is 31.8 Å². The van der Waals surface area contributed by atoms with Gasteiger partial charge in [0.1, 0.15) is 5.75 Å². The first-order valence-electron chi connectivity index (χ1n) is 12.8. The molecule has 0 heterocycles. The van der Waals surface area contributed by atoms with Crippen LogP contribution in [0.2, 0.25) is 0 Å². The first kappa shape index (κ1) is 25.1. The predicted molar refractivity (Wildman–Crippen MR) is 141 cm³/mol. The molecule has 3 aromatic carbocycles. The van der Waals surface area contributed by atoms with Gasteiger partial charge in [0.25, 0.3) is 0 Å². The van der Waals surface area contributed by atoms with Crippen molar-refractivity contribution in [1.82, 2.24) is 0 Å². The Bertz CT molecular complexity index is 928. The van der Waals surface area contributed by atoms with Crippen molar-refractivity contribution in [3.63, 3.8) is 0 Å². The lowest BCUT2D eigenvalue weighted by atomic mass is 9.94. The maximum Gasteiger partial charge on any atom is 0.119 e. The van der Waals surface area contributed by atoms with Crippen molar-refractivity contribution in [3.8, 4) is 28.0 Å². The molecule has 0 aliphatic heterocycles. The van der Waals surface area contributed by atoms with Gasteiger partial charge >= 0.3 is 0 Å². The van der Waals surface area contributed by atoms with Crippen LogP contribution in [-0.2, 0) is 4.74 Å². The van der Waals surface area contributed by atoms with Crippen molar-refractivity contribution in [2.45, 2.75) is 71.8 Å². The quantitative estimate of drug-likeness (QED) is 0.231. The Morgan fingerprint density at radius 1 is 0.606 bits per heavy atom. The van der Waals surface area contributed by atoms with Gasteiger partial charge in [0.15, 0.2) is 0 Å². The average Bonchev–Trinajstić information content (AvgIpc) is 2.87. The summed E-state index contributed by atoms with van der Waals surface area (Å²) in [6, 6.07) is 26.0. The lowest BCUT2D eigenvalue weighted by molar-refractivity contribution is 0.0628. The van der Waals surface area contributed by atoms with Crippen molar-refractivity contribution < 1.29 is 9.47 Å². The van der Waals surface area contributed by atoms with E-state index < -0.39 is 0 Å². The van der Waals surface area contributed by atoms with E-state index in [2.05, 4.69) is 93.6 Å². The highest BCUT2D eigenvalue weighted by atomic mass is 16.5. The second-order valence-corrected chi connectivity index (χ2v) is 8.82. The van der Waals surface area contributed by atoms with Gasteiger partial charge in [0.05, 0.1) is 12.7 Å². The Balaban J connectivity index is 1.66. The Hall–Kier alpha value is -2.58. The third-order valence-corrected chi connectivity index (χ3v) is 6.17. The Kier molecular flexibility index (Phi) is 10.5. The number of unbranched alkanes of at least 4 members (excludes halogenated alkanes) is 5. The van der Waals surface area contributed by atoms with Crippen LogP contribution in [0.15, 0.2) is 72.8 Å². The summed E-state index contributed by atoms with van der Waals surface area (Å²) in [4.78, 5) is 0. The van der Waals surface area contributed by atoms with Crippen LogP contribution in [-0.4, -0.2) is 13.2 Å². The molecule has 0 aromatic heterocycles. The van der Waals surface area contributed by atoms with Gasteiger partial charge in [0.2, 0.25) is 0 Å². The number of ether oxygens (including phenoxy) is 2. The minimum atomic E-state index is 0.126. The Labute approximate surface area is 201 Å². The summed E-state index contributed by atoms with van der Waals surface area (Å²) in [7, 11) is 0. The topological polar surface area (TPSA) is 18.5 Å². The Morgan fingerprint density at radius 3 is 1.76 bits per heavy atom. The molecule has 1 unspecified atom stereocenters. The lowest BCUT2D eigenvalue weighted by Crippen LogP contribution is -2.01. The molecular weight excluding hydrogens is 404 g/mol. The molecule has 0 amide bonds.